The van der Waals surface area contributed by atoms with Gasteiger partial charge in [0.15, 0.2) is 12.4 Å². The van der Waals surface area contributed by atoms with Gasteiger partial charge in [0.25, 0.3) is 5.91 Å². The zero-order chi connectivity index (χ0) is 15.1. The molecule has 1 N–H and O–H groups in total. The second-order valence-corrected chi connectivity index (χ2v) is 5.24. The zero-order valence-electron chi connectivity index (χ0n) is 11.3. The van der Waals surface area contributed by atoms with Crippen molar-refractivity contribution in [2.75, 3.05) is 13.2 Å². The Morgan fingerprint density at radius 2 is 1.67 bits per heavy atom. The van der Waals surface area contributed by atoms with Gasteiger partial charge in [-0.25, -0.2) is 0 Å². The summed E-state index contributed by atoms with van der Waals surface area (Å²) in [6, 6.07) is 15.0. The molecule has 21 heavy (non-hydrogen) atoms. The van der Waals surface area contributed by atoms with E-state index in [0.29, 0.717) is 22.3 Å². The van der Waals surface area contributed by atoms with Crippen molar-refractivity contribution in [3.05, 3.63) is 64.1 Å². The molecular weight excluding hydrogens is 309 g/mol. The van der Waals surface area contributed by atoms with E-state index < -0.39 is 0 Å². The Hall–Kier alpha value is -1.71. The number of carbonyl (C=O) groups is 1. The second-order valence-electron chi connectivity index (χ2n) is 4.43. The van der Waals surface area contributed by atoms with E-state index in [1.165, 1.54) is 5.56 Å². The Morgan fingerprint density at radius 3 is 2.33 bits per heavy atom. The van der Waals surface area contributed by atoms with Gasteiger partial charge in [0, 0.05) is 6.54 Å². The van der Waals surface area contributed by atoms with Crippen LogP contribution in [0.5, 0.6) is 5.75 Å². The van der Waals surface area contributed by atoms with Crippen molar-refractivity contribution in [1.82, 2.24) is 5.32 Å². The van der Waals surface area contributed by atoms with Crippen LogP contribution < -0.4 is 10.1 Å². The number of hydrogen-bond donors (Lipinski definition) is 1. The van der Waals surface area contributed by atoms with Crippen LogP contribution >= 0.6 is 23.2 Å². The van der Waals surface area contributed by atoms with Gasteiger partial charge in [0.05, 0.1) is 10.0 Å². The summed E-state index contributed by atoms with van der Waals surface area (Å²) in [4.78, 5) is 11.7. The highest BCUT2D eigenvalue weighted by molar-refractivity contribution is 6.37. The van der Waals surface area contributed by atoms with Crippen LogP contribution in [0.2, 0.25) is 10.0 Å². The van der Waals surface area contributed by atoms with Crippen LogP contribution in [-0.2, 0) is 11.2 Å². The van der Waals surface area contributed by atoms with E-state index in [2.05, 4.69) is 5.32 Å². The number of hydrogen-bond acceptors (Lipinski definition) is 2. The predicted molar refractivity (Wildman–Crippen MR) is 85.1 cm³/mol. The molecule has 5 heteroatoms. The van der Waals surface area contributed by atoms with E-state index in [9.17, 15) is 4.79 Å². The smallest absolute Gasteiger partial charge is 0.257 e. The van der Waals surface area contributed by atoms with Crippen molar-refractivity contribution >= 4 is 29.1 Å². The van der Waals surface area contributed by atoms with Gasteiger partial charge in [-0.15, -0.1) is 0 Å². The molecule has 0 saturated heterocycles. The average molecular weight is 324 g/mol. The van der Waals surface area contributed by atoms with Crippen LogP contribution in [0, 0.1) is 0 Å². The molecule has 110 valence electrons. The van der Waals surface area contributed by atoms with E-state index in [1.807, 2.05) is 30.3 Å². The van der Waals surface area contributed by atoms with Gasteiger partial charge in [-0.2, -0.15) is 0 Å². The maximum atomic E-state index is 11.7. The molecule has 2 aromatic carbocycles. The Labute approximate surface area is 133 Å². The maximum absolute atomic E-state index is 11.7. The minimum Gasteiger partial charge on any atom is -0.481 e. The van der Waals surface area contributed by atoms with E-state index in [0.717, 1.165) is 6.42 Å². The third-order valence-corrected chi connectivity index (χ3v) is 3.44. The molecule has 0 spiro atoms. The highest BCUT2D eigenvalue weighted by atomic mass is 35.5. The molecular formula is C16H15Cl2NO2. The van der Waals surface area contributed by atoms with Crippen molar-refractivity contribution in [1.29, 1.82) is 0 Å². The molecule has 0 aliphatic rings. The van der Waals surface area contributed by atoms with Crippen molar-refractivity contribution in [3.63, 3.8) is 0 Å². The van der Waals surface area contributed by atoms with E-state index >= 15 is 0 Å². The molecule has 0 aliphatic carbocycles. The summed E-state index contributed by atoms with van der Waals surface area (Å²) >= 11 is 11.9. The minimum absolute atomic E-state index is 0.113. The Balaban J connectivity index is 1.75. The molecule has 0 bridgehead atoms. The van der Waals surface area contributed by atoms with Gasteiger partial charge in [-0.05, 0) is 24.1 Å². The molecule has 2 aromatic rings. The standard InChI is InChI=1S/C16H15Cl2NO2/c17-13-7-4-8-14(18)16(13)21-11-15(20)19-10-9-12-5-2-1-3-6-12/h1-8H,9-11H2,(H,19,20). The summed E-state index contributed by atoms with van der Waals surface area (Å²) in [6.07, 6.45) is 0.777. The van der Waals surface area contributed by atoms with Crippen molar-refractivity contribution in [2.45, 2.75) is 6.42 Å². The third-order valence-electron chi connectivity index (χ3n) is 2.85. The number of nitrogens with one attached hydrogen (secondary N) is 1. The van der Waals surface area contributed by atoms with Crippen molar-refractivity contribution < 1.29 is 9.53 Å². The summed E-state index contributed by atoms with van der Waals surface area (Å²) in [5.74, 6) is 0.126. The van der Waals surface area contributed by atoms with Gasteiger partial charge in [0.1, 0.15) is 0 Å². The zero-order valence-corrected chi connectivity index (χ0v) is 12.8. The fourth-order valence-electron chi connectivity index (χ4n) is 1.80. The van der Waals surface area contributed by atoms with E-state index in [-0.39, 0.29) is 12.5 Å². The highest BCUT2D eigenvalue weighted by Gasteiger charge is 2.09. The van der Waals surface area contributed by atoms with Crippen LogP contribution in [0.4, 0.5) is 0 Å². The lowest BCUT2D eigenvalue weighted by molar-refractivity contribution is -0.123. The summed E-state index contributed by atoms with van der Waals surface area (Å²) in [7, 11) is 0. The summed E-state index contributed by atoms with van der Waals surface area (Å²) < 4.78 is 5.36. The average Bonchev–Trinajstić information content (AvgIpc) is 2.48. The van der Waals surface area contributed by atoms with E-state index in [1.54, 1.807) is 18.2 Å². The van der Waals surface area contributed by atoms with E-state index in [4.69, 9.17) is 27.9 Å². The molecule has 1 amide bonds. The molecule has 0 saturated carbocycles. The second kappa shape index (κ2) is 7.91. The quantitative estimate of drug-likeness (QED) is 0.879. The first kappa shape index (κ1) is 15.7. The first-order valence-corrected chi connectivity index (χ1v) is 7.30. The number of rotatable bonds is 6. The van der Waals surface area contributed by atoms with Gasteiger partial charge >= 0.3 is 0 Å². The SMILES string of the molecule is O=C(COc1c(Cl)cccc1Cl)NCCc1ccccc1. The molecule has 0 atom stereocenters. The third kappa shape index (κ3) is 4.96. The molecule has 0 aliphatic heterocycles. The first-order chi connectivity index (χ1) is 10.2. The van der Waals surface area contributed by atoms with Crippen LogP contribution in [0.15, 0.2) is 48.5 Å². The van der Waals surface area contributed by atoms with Crippen LogP contribution in [0.25, 0.3) is 0 Å². The maximum Gasteiger partial charge on any atom is 0.257 e. The normalized spacial score (nSPS) is 10.2. The Bertz CT molecular complexity index is 582. The fourth-order valence-corrected chi connectivity index (χ4v) is 2.31. The molecule has 0 aromatic heterocycles. The number of halogens is 2. The number of para-hydroxylation sites is 1. The van der Waals surface area contributed by atoms with Gasteiger partial charge in [0.2, 0.25) is 0 Å². The highest BCUT2D eigenvalue weighted by Crippen LogP contribution is 2.32. The lowest BCUT2D eigenvalue weighted by atomic mass is 10.1. The topological polar surface area (TPSA) is 38.3 Å². The molecule has 3 nitrogen and oxygen atoms in total. The van der Waals surface area contributed by atoms with Crippen molar-refractivity contribution in [3.8, 4) is 5.75 Å². The Morgan fingerprint density at radius 1 is 1.00 bits per heavy atom. The summed E-state index contributed by atoms with van der Waals surface area (Å²) in [6.45, 7) is 0.445. The summed E-state index contributed by atoms with van der Waals surface area (Å²) in [5, 5.41) is 3.57. The number of ether oxygens (including phenoxy) is 1. The minimum atomic E-state index is -0.207. The molecule has 0 radical (unpaired) electrons. The number of amides is 1. The molecule has 2 rings (SSSR count). The van der Waals surface area contributed by atoms with Crippen molar-refractivity contribution in [2.24, 2.45) is 0 Å². The first-order valence-electron chi connectivity index (χ1n) is 6.54. The lowest BCUT2D eigenvalue weighted by Crippen LogP contribution is -2.30. The lowest BCUT2D eigenvalue weighted by Gasteiger charge is -2.10. The number of benzene rings is 2. The van der Waals surface area contributed by atoms with Gasteiger partial charge in [-0.1, -0.05) is 59.6 Å². The fraction of sp³-hybridized carbons (Fsp3) is 0.188. The Kier molecular flexibility index (Phi) is 5.90. The van der Waals surface area contributed by atoms with Crippen LogP contribution in [0.3, 0.4) is 0 Å². The molecule has 0 unspecified atom stereocenters. The number of carbonyl (C=O) groups excluding carboxylic acids is 1. The predicted octanol–water partition coefficient (Wildman–Crippen LogP) is 3.73. The van der Waals surface area contributed by atoms with Gasteiger partial charge < -0.3 is 10.1 Å². The van der Waals surface area contributed by atoms with Gasteiger partial charge in [-0.3, -0.25) is 4.79 Å². The largest absolute Gasteiger partial charge is 0.481 e. The summed E-state index contributed by atoms with van der Waals surface area (Å²) in [5.41, 5.74) is 1.17. The molecule has 0 heterocycles. The molecule has 0 fully saturated rings. The van der Waals surface area contributed by atoms with Crippen LogP contribution in [0.1, 0.15) is 5.56 Å². The van der Waals surface area contributed by atoms with Crippen LogP contribution in [-0.4, -0.2) is 19.1 Å². The monoisotopic (exact) mass is 323 g/mol.